The van der Waals surface area contributed by atoms with Gasteiger partial charge in [0.15, 0.2) is 5.75 Å². The molecule has 0 saturated heterocycles. The molecule has 0 bridgehead atoms. The first-order chi connectivity index (χ1) is 15.8. The standard InChI is InChI=1S/C23H23N3O7/c1-3-25(4-2)22(28)18(15-24)12-17-13-19(26(30)31)21(27)20(14-17)33-23(29)32-11-10-16-8-6-5-7-9-16/h5-9,12-14,27H,3-4,10-11H2,1-2H3/b18-12+. The Bertz CT molecular complexity index is 1090. The van der Waals surface area contributed by atoms with Crippen LogP contribution in [0.2, 0.25) is 0 Å². The van der Waals surface area contributed by atoms with E-state index in [2.05, 4.69) is 0 Å². The van der Waals surface area contributed by atoms with Gasteiger partial charge in [-0.3, -0.25) is 14.9 Å². The van der Waals surface area contributed by atoms with Crippen molar-refractivity contribution in [1.29, 1.82) is 5.26 Å². The molecule has 2 aromatic carbocycles. The highest BCUT2D eigenvalue weighted by molar-refractivity contribution is 6.01. The third-order valence-electron chi connectivity index (χ3n) is 4.63. The van der Waals surface area contributed by atoms with Crippen LogP contribution in [0, 0.1) is 21.4 Å². The molecule has 0 aliphatic carbocycles. The maximum atomic E-state index is 12.5. The summed E-state index contributed by atoms with van der Waals surface area (Å²) in [5.41, 5.74) is -0.0834. The van der Waals surface area contributed by atoms with E-state index in [-0.39, 0.29) is 17.7 Å². The number of nitro benzene ring substituents is 1. The molecule has 1 N–H and O–H groups in total. The fraction of sp³-hybridized carbons (Fsp3) is 0.261. The van der Waals surface area contributed by atoms with Crippen molar-refractivity contribution in [3.8, 4) is 17.6 Å². The molecule has 0 unspecified atom stereocenters. The first kappa shape index (κ1) is 24.9. The number of nitriles is 1. The number of hydrogen-bond acceptors (Lipinski definition) is 8. The molecule has 0 heterocycles. The molecule has 0 saturated carbocycles. The number of nitrogens with zero attached hydrogens (tertiary/aromatic N) is 3. The number of carbonyl (C=O) groups excluding carboxylic acids is 2. The number of nitro groups is 1. The summed E-state index contributed by atoms with van der Waals surface area (Å²) >= 11 is 0. The van der Waals surface area contributed by atoms with E-state index in [9.17, 15) is 30.1 Å². The summed E-state index contributed by atoms with van der Waals surface area (Å²) in [7, 11) is 0. The van der Waals surface area contributed by atoms with Crippen LogP contribution >= 0.6 is 0 Å². The lowest BCUT2D eigenvalue weighted by molar-refractivity contribution is -0.385. The summed E-state index contributed by atoms with van der Waals surface area (Å²) < 4.78 is 9.93. The molecule has 172 valence electrons. The highest BCUT2D eigenvalue weighted by Gasteiger charge is 2.23. The van der Waals surface area contributed by atoms with Gasteiger partial charge < -0.3 is 19.5 Å². The number of carbonyl (C=O) groups is 2. The quantitative estimate of drug-likeness (QED) is 0.151. The summed E-state index contributed by atoms with van der Waals surface area (Å²) in [5, 5.41) is 30.9. The van der Waals surface area contributed by atoms with Crippen LogP contribution in [0.3, 0.4) is 0 Å². The second kappa shape index (κ2) is 11.9. The lowest BCUT2D eigenvalue weighted by atomic mass is 10.1. The summed E-state index contributed by atoms with van der Waals surface area (Å²) in [4.78, 5) is 36.4. The van der Waals surface area contributed by atoms with E-state index in [4.69, 9.17) is 9.47 Å². The predicted octanol–water partition coefficient (Wildman–Crippen LogP) is 3.83. The number of likely N-dealkylation sites (N-methyl/N-ethyl adjacent to an activating group) is 1. The Hall–Kier alpha value is -4.39. The lowest BCUT2D eigenvalue weighted by Crippen LogP contribution is -2.31. The molecule has 0 spiro atoms. The summed E-state index contributed by atoms with van der Waals surface area (Å²) in [6.45, 7) is 4.22. The van der Waals surface area contributed by atoms with Gasteiger partial charge in [0.25, 0.3) is 5.91 Å². The van der Waals surface area contributed by atoms with Gasteiger partial charge in [0.05, 0.1) is 11.5 Å². The van der Waals surface area contributed by atoms with Crippen LogP contribution in [0.1, 0.15) is 25.0 Å². The fourth-order valence-electron chi connectivity index (χ4n) is 2.92. The zero-order valence-corrected chi connectivity index (χ0v) is 18.2. The van der Waals surface area contributed by atoms with Crippen molar-refractivity contribution in [2.45, 2.75) is 20.3 Å². The minimum atomic E-state index is -1.17. The van der Waals surface area contributed by atoms with Gasteiger partial charge in [-0.2, -0.15) is 5.26 Å². The van der Waals surface area contributed by atoms with Crippen LogP contribution in [0.5, 0.6) is 11.5 Å². The van der Waals surface area contributed by atoms with Gasteiger partial charge in [-0.25, -0.2) is 4.79 Å². The van der Waals surface area contributed by atoms with E-state index in [1.807, 2.05) is 30.3 Å². The second-order valence-corrected chi connectivity index (χ2v) is 6.73. The van der Waals surface area contributed by atoms with E-state index in [1.54, 1.807) is 19.9 Å². The number of ether oxygens (including phenoxy) is 2. The van der Waals surface area contributed by atoms with Gasteiger partial charge >= 0.3 is 11.8 Å². The van der Waals surface area contributed by atoms with Gasteiger partial charge in [0, 0.05) is 25.6 Å². The molecule has 0 atom stereocenters. The van der Waals surface area contributed by atoms with Gasteiger partial charge in [0.2, 0.25) is 5.75 Å². The zero-order chi connectivity index (χ0) is 24.4. The molecule has 2 aromatic rings. The highest BCUT2D eigenvalue weighted by atomic mass is 16.7. The molecular weight excluding hydrogens is 430 g/mol. The normalized spacial score (nSPS) is 10.8. The summed E-state index contributed by atoms with van der Waals surface area (Å²) in [5.74, 6) is -1.97. The molecule has 10 nitrogen and oxygen atoms in total. The summed E-state index contributed by atoms with van der Waals surface area (Å²) in [6, 6.07) is 13.1. The highest BCUT2D eigenvalue weighted by Crippen LogP contribution is 2.38. The predicted molar refractivity (Wildman–Crippen MR) is 118 cm³/mol. The first-order valence-electron chi connectivity index (χ1n) is 10.1. The van der Waals surface area contributed by atoms with Crippen LogP contribution in [-0.4, -0.2) is 46.7 Å². The maximum Gasteiger partial charge on any atom is 0.513 e. The minimum Gasteiger partial charge on any atom is -0.499 e. The van der Waals surface area contributed by atoms with Crippen LogP contribution in [0.25, 0.3) is 6.08 Å². The van der Waals surface area contributed by atoms with E-state index >= 15 is 0 Å². The number of aromatic hydroxyl groups is 1. The SMILES string of the molecule is CCN(CC)C(=O)/C(C#N)=C/c1cc(OC(=O)OCCc2ccccc2)c(O)c([N+](=O)[O-])c1. The average molecular weight is 453 g/mol. The maximum absolute atomic E-state index is 12.5. The number of hydrogen-bond donors (Lipinski definition) is 1. The van der Waals surface area contributed by atoms with E-state index in [1.165, 1.54) is 4.90 Å². The van der Waals surface area contributed by atoms with Crippen LogP contribution < -0.4 is 4.74 Å². The van der Waals surface area contributed by atoms with E-state index in [0.717, 1.165) is 23.8 Å². The second-order valence-electron chi connectivity index (χ2n) is 6.73. The third-order valence-corrected chi connectivity index (χ3v) is 4.63. The average Bonchev–Trinajstić information content (AvgIpc) is 2.80. The fourth-order valence-corrected chi connectivity index (χ4v) is 2.92. The Balaban J connectivity index is 2.26. The van der Waals surface area contributed by atoms with Gasteiger partial charge in [-0.05, 0) is 37.1 Å². The molecule has 0 fully saturated rings. The number of amides is 1. The van der Waals surface area contributed by atoms with E-state index in [0.29, 0.717) is 19.5 Å². The van der Waals surface area contributed by atoms with Crippen molar-refractivity contribution in [2.24, 2.45) is 0 Å². The third kappa shape index (κ3) is 6.80. The van der Waals surface area contributed by atoms with Crippen molar-refractivity contribution < 1.29 is 29.1 Å². The molecule has 33 heavy (non-hydrogen) atoms. The molecule has 1 amide bonds. The smallest absolute Gasteiger partial charge is 0.499 e. The largest absolute Gasteiger partial charge is 0.513 e. The lowest BCUT2D eigenvalue weighted by Gasteiger charge is -2.17. The number of rotatable bonds is 9. The Labute approximate surface area is 190 Å². The van der Waals surface area contributed by atoms with Crippen molar-refractivity contribution in [1.82, 2.24) is 4.90 Å². The molecular formula is C23H23N3O7. The molecule has 0 aliphatic rings. The molecule has 10 heteroatoms. The van der Waals surface area contributed by atoms with Crippen molar-refractivity contribution >= 4 is 23.8 Å². The van der Waals surface area contributed by atoms with Crippen molar-refractivity contribution in [3.63, 3.8) is 0 Å². The Morgan fingerprint density at radius 2 is 1.88 bits per heavy atom. The van der Waals surface area contributed by atoms with Crippen molar-refractivity contribution in [3.05, 3.63) is 69.3 Å². The van der Waals surface area contributed by atoms with E-state index < -0.39 is 34.2 Å². The van der Waals surface area contributed by atoms with Gasteiger partial charge in [0.1, 0.15) is 11.6 Å². The monoisotopic (exact) mass is 453 g/mol. The number of phenolic OH excluding ortho intramolecular Hbond substituents is 1. The molecule has 0 aromatic heterocycles. The Morgan fingerprint density at radius 3 is 2.45 bits per heavy atom. The minimum absolute atomic E-state index is 0.0117. The van der Waals surface area contributed by atoms with Crippen LogP contribution in [0.4, 0.5) is 10.5 Å². The first-order valence-corrected chi connectivity index (χ1v) is 10.1. The number of phenols is 1. The zero-order valence-electron chi connectivity index (χ0n) is 18.2. The summed E-state index contributed by atoms with van der Waals surface area (Å²) in [6.07, 6.45) is 0.376. The topological polar surface area (TPSA) is 143 Å². The van der Waals surface area contributed by atoms with Gasteiger partial charge in [-0.1, -0.05) is 30.3 Å². The Kier molecular flexibility index (Phi) is 8.94. The Morgan fingerprint density at radius 1 is 1.21 bits per heavy atom. The molecule has 0 radical (unpaired) electrons. The van der Waals surface area contributed by atoms with Crippen LogP contribution in [0.15, 0.2) is 48.0 Å². The number of benzene rings is 2. The molecule has 0 aliphatic heterocycles. The van der Waals surface area contributed by atoms with Gasteiger partial charge in [-0.15, -0.1) is 0 Å². The molecule has 2 rings (SSSR count). The van der Waals surface area contributed by atoms with Crippen molar-refractivity contribution in [2.75, 3.05) is 19.7 Å². The van der Waals surface area contributed by atoms with Crippen LogP contribution in [-0.2, 0) is 16.0 Å².